The molecule has 0 amide bonds. The molecule has 156 valence electrons. The van der Waals surface area contributed by atoms with Gasteiger partial charge in [0.15, 0.2) is 5.82 Å². The molecule has 1 aromatic carbocycles. The van der Waals surface area contributed by atoms with Crippen molar-refractivity contribution in [3.63, 3.8) is 0 Å². The number of halogens is 1. The minimum atomic E-state index is -0.223. The third-order valence-corrected chi connectivity index (χ3v) is 5.45. The highest BCUT2D eigenvalue weighted by Gasteiger charge is 2.24. The first-order chi connectivity index (χ1) is 14.7. The number of aromatic nitrogens is 4. The molecule has 8 heteroatoms. The number of likely N-dealkylation sites (tertiary alicyclic amines) is 1. The van der Waals surface area contributed by atoms with Crippen molar-refractivity contribution in [2.24, 2.45) is 0 Å². The van der Waals surface area contributed by atoms with Crippen molar-refractivity contribution in [2.75, 3.05) is 32.6 Å². The van der Waals surface area contributed by atoms with E-state index in [1.54, 1.807) is 37.8 Å². The third-order valence-electron chi connectivity index (χ3n) is 5.45. The van der Waals surface area contributed by atoms with Crippen molar-refractivity contribution in [2.45, 2.75) is 25.3 Å². The summed E-state index contributed by atoms with van der Waals surface area (Å²) in [7, 11) is 3.39. The molecule has 3 aromatic rings. The van der Waals surface area contributed by atoms with Crippen LogP contribution in [0.15, 0.2) is 42.9 Å². The molecule has 0 unspecified atom stereocenters. The van der Waals surface area contributed by atoms with Crippen molar-refractivity contribution < 1.29 is 9.13 Å². The van der Waals surface area contributed by atoms with Gasteiger partial charge in [-0.15, -0.1) is 0 Å². The standard InChI is InChI=1S/C22H25FN6O/c1-24-21-12-19(27-22(28-21)20-13-25-7-8-26-20)15-5-9-29(10-6-15)14-16-3-4-17(30-2)11-18(16)23/h3-4,7-8,11-13,15H,5-6,9-10,14H2,1-2H3,(H,24,27,28). The van der Waals surface area contributed by atoms with E-state index in [1.165, 1.54) is 6.07 Å². The summed E-state index contributed by atoms with van der Waals surface area (Å²) in [6.45, 7) is 2.37. The van der Waals surface area contributed by atoms with Gasteiger partial charge in [-0.1, -0.05) is 6.07 Å². The van der Waals surface area contributed by atoms with Gasteiger partial charge in [0.2, 0.25) is 0 Å². The number of methoxy groups -OCH3 is 1. The Bertz CT molecular complexity index is 992. The Morgan fingerprint density at radius 2 is 2.00 bits per heavy atom. The van der Waals surface area contributed by atoms with Crippen LogP contribution >= 0.6 is 0 Å². The molecule has 0 atom stereocenters. The van der Waals surface area contributed by atoms with Crippen LogP contribution in [0.1, 0.15) is 30.0 Å². The van der Waals surface area contributed by atoms with Crippen molar-refractivity contribution in [3.05, 3.63) is 59.9 Å². The zero-order valence-electron chi connectivity index (χ0n) is 17.2. The monoisotopic (exact) mass is 408 g/mol. The fraction of sp³-hybridized carbons (Fsp3) is 0.364. The minimum Gasteiger partial charge on any atom is -0.497 e. The first-order valence-corrected chi connectivity index (χ1v) is 10.0. The molecule has 0 aliphatic carbocycles. The number of anilines is 1. The number of hydrogen-bond donors (Lipinski definition) is 1. The molecular weight excluding hydrogens is 383 g/mol. The molecule has 0 saturated carbocycles. The van der Waals surface area contributed by atoms with Crippen LogP contribution in [0, 0.1) is 5.82 Å². The zero-order chi connectivity index (χ0) is 20.9. The molecule has 30 heavy (non-hydrogen) atoms. The smallest absolute Gasteiger partial charge is 0.182 e. The molecule has 4 rings (SSSR count). The van der Waals surface area contributed by atoms with Crippen LogP contribution in [-0.2, 0) is 6.54 Å². The average Bonchev–Trinajstić information content (AvgIpc) is 2.81. The van der Waals surface area contributed by atoms with E-state index in [0.717, 1.165) is 37.4 Å². The molecule has 1 fully saturated rings. The van der Waals surface area contributed by atoms with Gasteiger partial charge < -0.3 is 10.1 Å². The van der Waals surface area contributed by atoms with Gasteiger partial charge in [0.05, 0.1) is 13.3 Å². The highest BCUT2D eigenvalue weighted by atomic mass is 19.1. The van der Waals surface area contributed by atoms with Gasteiger partial charge in [-0.05, 0) is 32.0 Å². The maximum Gasteiger partial charge on any atom is 0.182 e. The van der Waals surface area contributed by atoms with Gasteiger partial charge in [-0.25, -0.2) is 19.3 Å². The molecule has 1 aliphatic heterocycles. The van der Waals surface area contributed by atoms with Crippen LogP contribution < -0.4 is 10.1 Å². The summed E-state index contributed by atoms with van der Waals surface area (Å²) in [5.41, 5.74) is 2.35. The number of nitrogens with one attached hydrogen (secondary N) is 1. The first-order valence-electron chi connectivity index (χ1n) is 10.0. The van der Waals surface area contributed by atoms with E-state index in [1.807, 2.05) is 13.1 Å². The Morgan fingerprint density at radius 1 is 1.17 bits per heavy atom. The fourth-order valence-electron chi connectivity index (χ4n) is 3.74. The van der Waals surface area contributed by atoms with Crippen molar-refractivity contribution in [3.8, 4) is 17.3 Å². The molecule has 1 N–H and O–H groups in total. The number of hydrogen-bond acceptors (Lipinski definition) is 7. The summed E-state index contributed by atoms with van der Waals surface area (Å²) in [4.78, 5) is 20.0. The lowest BCUT2D eigenvalue weighted by molar-refractivity contribution is 0.201. The molecule has 0 spiro atoms. The second-order valence-corrected chi connectivity index (χ2v) is 7.35. The zero-order valence-corrected chi connectivity index (χ0v) is 17.2. The van der Waals surface area contributed by atoms with Gasteiger partial charge in [0, 0.05) is 55.3 Å². The maximum atomic E-state index is 14.3. The second kappa shape index (κ2) is 9.13. The largest absolute Gasteiger partial charge is 0.497 e. The molecule has 2 aromatic heterocycles. The Kier molecular flexibility index (Phi) is 6.13. The predicted octanol–water partition coefficient (Wildman–Crippen LogP) is 3.50. The Morgan fingerprint density at radius 3 is 2.67 bits per heavy atom. The molecule has 3 heterocycles. The van der Waals surface area contributed by atoms with E-state index in [9.17, 15) is 4.39 Å². The van der Waals surface area contributed by atoms with Crippen molar-refractivity contribution in [1.82, 2.24) is 24.8 Å². The summed E-state index contributed by atoms with van der Waals surface area (Å²) < 4.78 is 19.4. The molecule has 0 radical (unpaired) electrons. The van der Waals surface area contributed by atoms with E-state index >= 15 is 0 Å². The lowest BCUT2D eigenvalue weighted by Crippen LogP contribution is -2.33. The number of ether oxygens (including phenoxy) is 1. The summed E-state index contributed by atoms with van der Waals surface area (Å²) in [5.74, 6) is 1.99. The quantitative estimate of drug-likeness (QED) is 0.669. The number of piperidine rings is 1. The van der Waals surface area contributed by atoms with Crippen LogP contribution in [0.2, 0.25) is 0 Å². The Labute approximate surface area is 175 Å². The molecule has 1 saturated heterocycles. The van der Waals surface area contributed by atoms with E-state index in [4.69, 9.17) is 9.72 Å². The van der Waals surface area contributed by atoms with E-state index in [2.05, 4.69) is 25.2 Å². The maximum absolute atomic E-state index is 14.3. The molecule has 1 aliphatic rings. The van der Waals surface area contributed by atoms with Gasteiger partial charge in [-0.3, -0.25) is 9.88 Å². The Hall–Kier alpha value is -3.13. The van der Waals surface area contributed by atoms with Gasteiger partial charge in [0.1, 0.15) is 23.1 Å². The van der Waals surface area contributed by atoms with Crippen molar-refractivity contribution in [1.29, 1.82) is 0 Å². The first kappa shape index (κ1) is 20.2. The minimum absolute atomic E-state index is 0.223. The lowest BCUT2D eigenvalue weighted by Gasteiger charge is -2.32. The number of benzene rings is 1. The Balaban J connectivity index is 1.45. The number of nitrogens with zero attached hydrogens (tertiary/aromatic N) is 5. The molecule has 7 nitrogen and oxygen atoms in total. The van der Waals surface area contributed by atoms with E-state index in [0.29, 0.717) is 35.3 Å². The lowest BCUT2D eigenvalue weighted by atomic mass is 9.92. The van der Waals surface area contributed by atoms with E-state index < -0.39 is 0 Å². The van der Waals surface area contributed by atoms with Gasteiger partial charge >= 0.3 is 0 Å². The fourth-order valence-corrected chi connectivity index (χ4v) is 3.74. The molecular formula is C22H25FN6O. The normalized spacial score (nSPS) is 15.2. The third kappa shape index (κ3) is 4.54. The summed E-state index contributed by atoms with van der Waals surface area (Å²) in [5, 5.41) is 3.11. The highest BCUT2D eigenvalue weighted by Crippen LogP contribution is 2.30. The van der Waals surface area contributed by atoms with Crippen LogP contribution in [-0.4, -0.2) is 52.1 Å². The van der Waals surface area contributed by atoms with Gasteiger partial charge in [-0.2, -0.15) is 0 Å². The average molecular weight is 408 g/mol. The van der Waals surface area contributed by atoms with Crippen molar-refractivity contribution >= 4 is 5.82 Å². The summed E-state index contributed by atoms with van der Waals surface area (Å²) in [6, 6.07) is 7.05. The topological polar surface area (TPSA) is 76.1 Å². The predicted molar refractivity (Wildman–Crippen MR) is 113 cm³/mol. The summed E-state index contributed by atoms with van der Waals surface area (Å²) >= 11 is 0. The van der Waals surface area contributed by atoms with E-state index in [-0.39, 0.29) is 5.82 Å². The number of rotatable bonds is 6. The second-order valence-electron chi connectivity index (χ2n) is 7.35. The van der Waals surface area contributed by atoms with Crippen LogP contribution in [0.5, 0.6) is 5.75 Å². The SMILES string of the molecule is CNc1cc(C2CCN(Cc3ccc(OC)cc3F)CC2)nc(-c2cnccn2)n1. The van der Waals surface area contributed by atoms with Crippen LogP contribution in [0.4, 0.5) is 10.2 Å². The molecule has 0 bridgehead atoms. The van der Waals surface area contributed by atoms with Crippen LogP contribution in [0.3, 0.4) is 0 Å². The highest BCUT2D eigenvalue weighted by molar-refractivity contribution is 5.52. The summed E-state index contributed by atoms with van der Waals surface area (Å²) in [6.07, 6.45) is 6.86. The van der Waals surface area contributed by atoms with Crippen LogP contribution in [0.25, 0.3) is 11.5 Å². The van der Waals surface area contributed by atoms with Gasteiger partial charge in [0.25, 0.3) is 0 Å².